The van der Waals surface area contributed by atoms with Gasteiger partial charge in [-0.1, -0.05) is 19.2 Å². The van der Waals surface area contributed by atoms with Crippen LogP contribution in [-0.4, -0.2) is 12.3 Å². The molecule has 1 aliphatic rings. The Balaban J connectivity index is 2.11. The Kier molecular flexibility index (Phi) is 1.66. The fourth-order valence-corrected chi connectivity index (χ4v) is 1.41. The zero-order valence-corrected chi connectivity index (χ0v) is 6.36. The molecule has 1 radical (unpaired) electrons. The van der Waals surface area contributed by atoms with Crippen molar-refractivity contribution in [1.29, 1.82) is 0 Å². The topological polar surface area (TPSA) is 26.0 Å². The van der Waals surface area contributed by atoms with E-state index < -0.39 is 0 Å². The first kappa shape index (κ1) is 5.87. The molecule has 0 saturated carbocycles. The molecule has 1 aromatic heterocycles. The molecule has 1 fully saturated rings. The van der Waals surface area contributed by atoms with Gasteiger partial charge in [-0.3, -0.25) is 0 Å². The quantitative estimate of drug-likeness (QED) is 0.572. The van der Waals surface area contributed by atoms with Gasteiger partial charge in [0.2, 0.25) is 0 Å². The number of hydrogen-bond acceptors (Lipinski definition) is 2. The van der Waals surface area contributed by atoms with E-state index >= 15 is 0 Å². The maximum atomic E-state index is 7.77. The molecule has 1 aromatic rings. The highest BCUT2D eigenvalue weighted by atomic mass is 16.3. The van der Waals surface area contributed by atoms with Crippen LogP contribution in [0.3, 0.4) is 0 Å². The summed E-state index contributed by atoms with van der Waals surface area (Å²) in [5, 5.41) is 0. The fourth-order valence-electron chi connectivity index (χ4n) is 1.41. The van der Waals surface area contributed by atoms with Crippen LogP contribution in [0.5, 0.6) is 0 Å². The van der Waals surface area contributed by atoms with Crippen LogP contribution >= 0.6 is 0 Å². The summed E-state index contributed by atoms with van der Waals surface area (Å²) in [5.74, 6) is 0.823. The maximum absolute atomic E-state index is 7.77. The first-order valence-corrected chi connectivity index (χ1v) is 4.03. The summed E-state index contributed by atoms with van der Waals surface area (Å²) >= 11 is 0. The van der Waals surface area contributed by atoms with Gasteiger partial charge in [-0.05, 0) is 6.40 Å². The molecular weight excluding hydrogens is 137 g/mol. The van der Waals surface area contributed by atoms with Crippen molar-refractivity contribution < 1.29 is 5.79 Å². The van der Waals surface area contributed by atoms with Crippen LogP contribution in [0.2, 0.25) is 6.32 Å². The Morgan fingerprint density at radius 3 is 3.45 bits per heavy atom. The Morgan fingerprint density at radius 2 is 2.73 bits per heavy atom. The van der Waals surface area contributed by atoms with E-state index in [2.05, 4.69) is 12.3 Å². The zero-order chi connectivity index (χ0) is 8.39. The average Bonchev–Trinajstić information content (AvgIpc) is 2.57. The van der Waals surface area contributed by atoms with E-state index in [1.807, 2.05) is 0 Å². The molecule has 0 bridgehead atoms. The van der Waals surface area contributed by atoms with E-state index in [0.717, 1.165) is 19.2 Å². The van der Waals surface area contributed by atoms with Gasteiger partial charge in [-0.2, -0.15) is 0 Å². The molecule has 0 amide bonds. The third-order valence-electron chi connectivity index (χ3n) is 1.99. The van der Waals surface area contributed by atoms with Gasteiger partial charge in [0, 0.05) is 7.19 Å². The largest absolute Gasteiger partial charge is 0.450 e. The molecule has 2 nitrogen and oxygen atoms in total. The Hall–Kier alpha value is -0.725. The molecule has 3 heteroatoms. The second kappa shape index (κ2) is 3.12. The SMILES string of the molecule is [3H]C1CCC[B]C1c1ncco1. The summed E-state index contributed by atoms with van der Waals surface area (Å²) in [7, 11) is 2.15. The molecule has 1 aliphatic heterocycles. The Labute approximate surface area is 68.7 Å². The predicted molar refractivity (Wildman–Crippen MR) is 43.7 cm³/mol. The third kappa shape index (κ3) is 1.47. The lowest BCUT2D eigenvalue weighted by Gasteiger charge is -2.16. The smallest absolute Gasteiger partial charge is 0.189 e. The minimum absolute atomic E-state index is 0.0580. The molecule has 11 heavy (non-hydrogen) atoms. The van der Waals surface area contributed by atoms with Crippen LogP contribution in [0, 0.1) is 0 Å². The number of nitrogens with zero attached hydrogens (tertiary/aromatic N) is 1. The van der Waals surface area contributed by atoms with Crippen molar-refractivity contribution in [3.05, 3.63) is 18.4 Å². The van der Waals surface area contributed by atoms with Crippen molar-refractivity contribution >= 4 is 7.28 Å². The lowest BCUT2D eigenvalue weighted by atomic mass is 9.56. The van der Waals surface area contributed by atoms with E-state index in [1.165, 1.54) is 0 Å². The van der Waals surface area contributed by atoms with Crippen molar-refractivity contribution in [2.24, 2.45) is 0 Å². The number of aromatic nitrogens is 1. The summed E-state index contributed by atoms with van der Waals surface area (Å²) in [6.07, 6.45) is 6.34. The first-order valence-electron chi connectivity index (χ1n) is 4.60. The molecule has 0 N–H and O–H groups in total. The third-order valence-corrected chi connectivity index (χ3v) is 1.99. The summed E-state index contributed by atoms with van der Waals surface area (Å²) in [4.78, 5) is 4.07. The van der Waals surface area contributed by atoms with E-state index in [1.54, 1.807) is 12.5 Å². The number of hydrogen-bond donors (Lipinski definition) is 0. The van der Waals surface area contributed by atoms with Gasteiger partial charge in [0.05, 0.1) is 6.20 Å². The minimum Gasteiger partial charge on any atom is -0.450 e. The molecule has 57 valence electrons. The van der Waals surface area contributed by atoms with Crippen LogP contribution in [0.25, 0.3) is 0 Å². The van der Waals surface area contributed by atoms with Crippen molar-refractivity contribution in [2.45, 2.75) is 31.4 Å². The molecule has 2 atom stereocenters. The number of rotatable bonds is 1. The molecule has 1 saturated heterocycles. The van der Waals surface area contributed by atoms with Gasteiger partial charge in [-0.25, -0.2) is 4.98 Å². The molecule has 0 spiro atoms. The second-order valence-corrected chi connectivity index (χ2v) is 2.80. The second-order valence-electron chi connectivity index (χ2n) is 2.80. The summed E-state index contributed by atoms with van der Waals surface area (Å²) in [5.41, 5.74) is 0. The first-order chi connectivity index (χ1) is 5.88. The van der Waals surface area contributed by atoms with Crippen LogP contribution in [-0.2, 0) is 0 Å². The predicted octanol–water partition coefficient (Wildman–Crippen LogP) is 2.02. The molecule has 2 rings (SSSR count). The summed E-state index contributed by atoms with van der Waals surface area (Å²) in [6, 6.07) is 0. The molecule has 2 unspecified atom stereocenters. The highest BCUT2D eigenvalue weighted by molar-refractivity contribution is 6.37. The van der Waals surface area contributed by atoms with E-state index in [4.69, 9.17) is 5.79 Å². The lowest BCUT2D eigenvalue weighted by Crippen LogP contribution is -2.12. The van der Waals surface area contributed by atoms with Gasteiger partial charge < -0.3 is 4.42 Å². The van der Waals surface area contributed by atoms with Crippen LogP contribution in [0.4, 0.5) is 0 Å². The summed E-state index contributed by atoms with van der Waals surface area (Å²) in [6.45, 7) is 0. The fraction of sp³-hybridized carbons (Fsp3) is 0.625. The van der Waals surface area contributed by atoms with E-state index in [0.29, 0.717) is 5.89 Å². The van der Waals surface area contributed by atoms with Crippen LogP contribution in [0.1, 0.15) is 32.3 Å². The van der Waals surface area contributed by atoms with Gasteiger partial charge in [-0.15, -0.1) is 0 Å². The van der Waals surface area contributed by atoms with Crippen molar-refractivity contribution in [3.63, 3.8) is 0 Å². The zero-order valence-electron chi connectivity index (χ0n) is 7.36. The van der Waals surface area contributed by atoms with Gasteiger partial charge in [0.1, 0.15) is 13.5 Å². The van der Waals surface area contributed by atoms with Gasteiger partial charge in [0.25, 0.3) is 0 Å². The molecular formula is C8H11BNO. The lowest BCUT2D eigenvalue weighted by molar-refractivity contribution is 0.465. The maximum Gasteiger partial charge on any atom is 0.189 e. The van der Waals surface area contributed by atoms with Gasteiger partial charge >= 0.3 is 0 Å². The van der Waals surface area contributed by atoms with Crippen molar-refractivity contribution in [3.8, 4) is 0 Å². The van der Waals surface area contributed by atoms with E-state index in [-0.39, 0.29) is 12.2 Å². The van der Waals surface area contributed by atoms with E-state index in [9.17, 15) is 0 Å². The van der Waals surface area contributed by atoms with Gasteiger partial charge in [0.15, 0.2) is 5.89 Å². The molecule has 2 heterocycles. The normalized spacial score (nSPS) is 32.5. The Bertz CT molecular complexity index is 239. The minimum atomic E-state index is -0.0580. The standard InChI is InChI=1S/C8H11BNO/c1-2-4-9-7(3-1)8-10-5-6-11-8/h5-7H,1-4H2/i3T. The monoisotopic (exact) mass is 150 g/mol. The number of oxazole rings is 1. The summed E-state index contributed by atoms with van der Waals surface area (Å²) < 4.78 is 13.0. The van der Waals surface area contributed by atoms with Crippen molar-refractivity contribution in [2.75, 3.05) is 0 Å². The highest BCUT2D eigenvalue weighted by Crippen LogP contribution is 2.25. The molecule has 0 aliphatic carbocycles. The van der Waals surface area contributed by atoms with Crippen LogP contribution < -0.4 is 0 Å². The highest BCUT2D eigenvalue weighted by Gasteiger charge is 2.19. The molecule has 0 aromatic carbocycles. The van der Waals surface area contributed by atoms with Crippen molar-refractivity contribution in [1.82, 2.24) is 4.98 Å². The van der Waals surface area contributed by atoms with Crippen LogP contribution in [0.15, 0.2) is 16.9 Å². The Morgan fingerprint density at radius 1 is 1.73 bits per heavy atom. The average molecular weight is 150 g/mol.